The van der Waals surface area contributed by atoms with E-state index in [1.54, 1.807) is 13.0 Å². The van der Waals surface area contributed by atoms with Gasteiger partial charge in [-0.05, 0) is 30.7 Å². The zero-order valence-corrected chi connectivity index (χ0v) is 13.0. The molecule has 0 bridgehead atoms. The average molecular weight is 347 g/mol. The van der Waals surface area contributed by atoms with E-state index in [0.717, 1.165) is 5.56 Å². The molecule has 7 heteroatoms. The molecule has 0 unspecified atom stereocenters. The van der Waals surface area contributed by atoms with Crippen LogP contribution in [0.15, 0.2) is 24.3 Å². The van der Waals surface area contributed by atoms with Gasteiger partial charge in [0.05, 0.1) is 20.8 Å². The number of benzene rings is 2. The van der Waals surface area contributed by atoms with E-state index < -0.39 is 11.7 Å². The highest BCUT2D eigenvalue weighted by molar-refractivity contribution is 6.46. The monoisotopic (exact) mass is 345 g/mol. The Bertz CT molecular complexity index is 706. The third-order valence-electron chi connectivity index (χ3n) is 2.77. The van der Waals surface area contributed by atoms with Crippen molar-refractivity contribution in [3.05, 3.63) is 50.5 Å². The van der Waals surface area contributed by atoms with Gasteiger partial charge in [0, 0.05) is 0 Å². The van der Waals surface area contributed by atoms with E-state index in [9.17, 15) is 15.0 Å². The van der Waals surface area contributed by atoms with Gasteiger partial charge < -0.3 is 15.5 Å². The molecule has 1 amide bonds. The first-order chi connectivity index (χ1) is 9.81. The first-order valence-electron chi connectivity index (χ1n) is 5.78. The van der Waals surface area contributed by atoms with Gasteiger partial charge in [0.25, 0.3) is 5.91 Å². The number of rotatable bonds is 2. The van der Waals surface area contributed by atoms with E-state index in [0.29, 0.717) is 0 Å². The second kappa shape index (κ2) is 6.02. The highest BCUT2D eigenvalue weighted by atomic mass is 35.5. The van der Waals surface area contributed by atoms with Gasteiger partial charge in [-0.25, -0.2) is 0 Å². The molecule has 2 aromatic carbocycles. The van der Waals surface area contributed by atoms with Gasteiger partial charge in [-0.15, -0.1) is 0 Å². The fraction of sp³-hybridized carbons (Fsp3) is 0.0714. The van der Waals surface area contributed by atoms with Crippen molar-refractivity contribution in [2.24, 2.45) is 0 Å². The molecule has 0 atom stereocenters. The molecule has 2 aromatic rings. The fourth-order valence-electron chi connectivity index (χ4n) is 1.73. The van der Waals surface area contributed by atoms with Gasteiger partial charge in [-0.2, -0.15) is 0 Å². The number of carbonyl (C=O) groups excluding carboxylic acids is 1. The quantitative estimate of drug-likeness (QED) is 0.549. The lowest BCUT2D eigenvalue weighted by molar-refractivity contribution is 0.102. The standard InChI is InChI=1S/C14H10Cl3NO3/c1-6-2-3-9(10(19)4-6)18-14(21)11-12(17)7(15)5-8(16)13(11)20/h2-5,19-20H,1H3,(H,18,21). The SMILES string of the molecule is Cc1ccc(NC(=O)c2c(O)c(Cl)cc(Cl)c2Cl)c(O)c1. The van der Waals surface area contributed by atoms with Crippen LogP contribution in [-0.2, 0) is 0 Å². The number of halogens is 3. The number of aryl methyl sites for hydroxylation is 1. The highest BCUT2D eigenvalue weighted by Crippen LogP contribution is 2.39. The summed E-state index contributed by atoms with van der Waals surface area (Å²) >= 11 is 17.5. The first kappa shape index (κ1) is 15.8. The minimum atomic E-state index is -0.735. The van der Waals surface area contributed by atoms with Gasteiger partial charge in [-0.1, -0.05) is 40.9 Å². The number of aromatic hydroxyl groups is 2. The molecular formula is C14H10Cl3NO3. The molecule has 0 aliphatic rings. The van der Waals surface area contributed by atoms with Crippen LogP contribution in [0.25, 0.3) is 0 Å². The van der Waals surface area contributed by atoms with Crippen LogP contribution >= 0.6 is 34.8 Å². The van der Waals surface area contributed by atoms with Crippen molar-refractivity contribution in [3.8, 4) is 11.5 Å². The van der Waals surface area contributed by atoms with Crippen LogP contribution in [0.5, 0.6) is 11.5 Å². The molecule has 0 saturated heterocycles. The summed E-state index contributed by atoms with van der Waals surface area (Å²) in [6.45, 7) is 1.80. The lowest BCUT2D eigenvalue weighted by Crippen LogP contribution is -2.13. The molecule has 0 heterocycles. The van der Waals surface area contributed by atoms with Gasteiger partial charge in [0.2, 0.25) is 0 Å². The number of hydrogen-bond acceptors (Lipinski definition) is 3. The Morgan fingerprint density at radius 2 is 1.76 bits per heavy atom. The molecule has 110 valence electrons. The zero-order chi connectivity index (χ0) is 15.7. The Balaban J connectivity index is 2.42. The minimum absolute atomic E-state index is 0.0396. The van der Waals surface area contributed by atoms with Crippen LogP contribution in [-0.4, -0.2) is 16.1 Å². The summed E-state index contributed by atoms with van der Waals surface area (Å²) < 4.78 is 0. The molecule has 2 rings (SSSR count). The van der Waals surface area contributed by atoms with Crippen LogP contribution < -0.4 is 5.32 Å². The summed E-state index contributed by atoms with van der Waals surface area (Å²) in [4.78, 5) is 12.2. The van der Waals surface area contributed by atoms with E-state index in [-0.39, 0.29) is 32.1 Å². The average Bonchev–Trinajstić information content (AvgIpc) is 2.40. The molecule has 0 fully saturated rings. The second-order valence-electron chi connectivity index (χ2n) is 4.35. The predicted molar refractivity (Wildman–Crippen MR) is 83.9 cm³/mol. The zero-order valence-electron chi connectivity index (χ0n) is 10.7. The van der Waals surface area contributed by atoms with Crippen LogP contribution in [0.1, 0.15) is 15.9 Å². The number of phenols is 2. The summed E-state index contributed by atoms with van der Waals surface area (Å²) in [5, 5.41) is 21.9. The number of phenolic OH excluding ortho intramolecular Hbond substituents is 2. The Morgan fingerprint density at radius 3 is 2.38 bits per heavy atom. The van der Waals surface area contributed by atoms with Crippen LogP contribution in [0, 0.1) is 6.92 Å². The van der Waals surface area contributed by atoms with Crippen molar-refractivity contribution < 1.29 is 15.0 Å². The van der Waals surface area contributed by atoms with Crippen molar-refractivity contribution in [1.29, 1.82) is 0 Å². The van der Waals surface area contributed by atoms with Gasteiger partial charge in [0.15, 0.2) is 0 Å². The molecule has 4 nitrogen and oxygen atoms in total. The van der Waals surface area contributed by atoms with Crippen LogP contribution in [0.4, 0.5) is 5.69 Å². The Kier molecular flexibility index (Phi) is 4.52. The number of hydrogen-bond donors (Lipinski definition) is 3. The van der Waals surface area contributed by atoms with Crippen molar-refractivity contribution in [2.75, 3.05) is 5.32 Å². The highest BCUT2D eigenvalue weighted by Gasteiger charge is 2.22. The molecule has 0 spiro atoms. The van der Waals surface area contributed by atoms with Crippen LogP contribution in [0.2, 0.25) is 15.1 Å². The number of nitrogens with one attached hydrogen (secondary N) is 1. The summed E-state index contributed by atoms with van der Waals surface area (Å²) in [6, 6.07) is 5.96. The maximum Gasteiger partial charge on any atom is 0.261 e. The smallest absolute Gasteiger partial charge is 0.261 e. The number of carbonyl (C=O) groups is 1. The molecule has 3 N–H and O–H groups in total. The summed E-state index contributed by atoms with van der Waals surface area (Å²) in [6.07, 6.45) is 0. The van der Waals surface area contributed by atoms with Crippen molar-refractivity contribution in [3.63, 3.8) is 0 Å². The Hall–Kier alpha value is -1.62. The predicted octanol–water partition coefficient (Wildman–Crippen LogP) is 4.62. The number of amides is 1. The largest absolute Gasteiger partial charge is 0.506 e. The lowest BCUT2D eigenvalue weighted by Gasteiger charge is -2.12. The molecule has 0 aliphatic heterocycles. The van der Waals surface area contributed by atoms with Crippen LogP contribution in [0.3, 0.4) is 0 Å². The van der Waals surface area contributed by atoms with E-state index >= 15 is 0 Å². The summed E-state index contributed by atoms with van der Waals surface area (Å²) in [5.74, 6) is -1.32. The molecule has 0 aromatic heterocycles. The Morgan fingerprint density at radius 1 is 1.10 bits per heavy atom. The molecule has 0 saturated carbocycles. The summed E-state index contributed by atoms with van der Waals surface area (Å²) in [7, 11) is 0. The maximum atomic E-state index is 12.2. The third-order valence-corrected chi connectivity index (χ3v) is 3.85. The number of anilines is 1. The molecule has 0 radical (unpaired) electrons. The minimum Gasteiger partial charge on any atom is -0.506 e. The fourth-order valence-corrected chi connectivity index (χ4v) is 2.42. The normalized spacial score (nSPS) is 10.5. The van der Waals surface area contributed by atoms with E-state index in [4.69, 9.17) is 34.8 Å². The third kappa shape index (κ3) is 3.18. The molecular weight excluding hydrogens is 337 g/mol. The van der Waals surface area contributed by atoms with Crippen molar-refractivity contribution >= 4 is 46.4 Å². The maximum absolute atomic E-state index is 12.2. The van der Waals surface area contributed by atoms with Gasteiger partial charge >= 0.3 is 0 Å². The second-order valence-corrected chi connectivity index (χ2v) is 5.54. The topological polar surface area (TPSA) is 69.6 Å². The van der Waals surface area contributed by atoms with E-state index in [2.05, 4.69) is 5.32 Å². The lowest BCUT2D eigenvalue weighted by atomic mass is 10.1. The molecule has 21 heavy (non-hydrogen) atoms. The van der Waals surface area contributed by atoms with E-state index in [1.165, 1.54) is 18.2 Å². The van der Waals surface area contributed by atoms with Gasteiger partial charge in [-0.3, -0.25) is 4.79 Å². The molecule has 0 aliphatic carbocycles. The van der Waals surface area contributed by atoms with E-state index in [1.807, 2.05) is 0 Å². The Labute approximate surface area is 135 Å². The van der Waals surface area contributed by atoms with Gasteiger partial charge in [0.1, 0.15) is 17.1 Å². The first-order valence-corrected chi connectivity index (χ1v) is 6.92. The summed E-state index contributed by atoms with van der Waals surface area (Å²) in [5.41, 5.74) is 0.753. The van der Waals surface area contributed by atoms with Crippen molar-refractivity contribution in [2.45, 2.75) is 6.92 Å². The van der Waals surface area contributed by atoms with Crippen molar-refractivity contribution in [1.82, 2.24) is 0 Å².